The number of nitrogens with zero attached hydrogens (tertiary/aromatic N) is 3. The van der Waals surface area contributed by atoms with Crippen LogP contribution in [0.1, 0.15) is 59.9 Å². The van der Waals surface area contributed by atoms with Crippen LogP contribution >= 0.6 is 0 Å². The van der Waals surface area contributed by atoms with E-state index in [2.05, 4.69) is 38.8 Å². The summed E-state index contributed by atoms with van der Waals surface area (Å²) in [6.07, 6.45) is 1.25. The molecular weight excluding hydrogens is 498 g/mol. The molecule has 0 radical (unpaired) electrons. The first-order chi connectivity index (χ1) is 17.7. The maximum absolute atomic E-state index is 12.9. The van der Waals surface area contributed by atoms with Gasteiger partial charge in [0, 0.05) is 44.8 Å². The van der Waals surface area contributed by atoms with Crippen LogP contribution in [0.2, 0.25) is 18.1 Å². The molecular formula is C29H49N3O5Si. The van der Waals surface area contributed by atoms with E-state index >= 15 is 0 Å². The second-order valence-corrected chi connectivity index (χ2v) is 18.0. The number of hydrogen-bond donors (Lipinski definition) is 0. The van der Waals surface area contributed by atoms with Crippen molar-refractivity contribution < 1.29 is 23.5 Å². The third-order valence-corrected chi connectivity index (χ3v) is 12.5. The average molecular weight is 548 g/mol. The van der Waals surface area contributed by atoms with E-state index in [-0.39, 0.29) is 23.3 Å². The van der Waals surface area contributed by atoms with E-state index in [1.165, 1.54) is 0 Å². The predicted molar refractivity (Wildman–Crippen MR) is 153 cm³/mol. The molecule has 38 heavy (non-hydrogen) atoms. The van der Waals surface area contributed by atoms with E-state index in [0.717, 1.165) is 24.9 Å². The monoisotopic (exact) mass is 547 g/mol. The molecule has 0 aliphatic carbocycles. The van der Waals surface area contributed by atoms with Gasteiger partial charge in [0.15, 0.2) is 8.32 Å². The van der Waals surface area contributed by atoms with E-state index in [1.807, 2.05) is 60.9 Å². The number of rotatable bonds is 6. The molecule has 3 rings (SSSR count). The second-order valence-electron chi connectivity index (χ2n) is 13.1. The summed E-state index contributed by atoms with van der Waals surface area (Å²) in [5.41, 5.74) is 0.465. The number of amides is 2. The van der Waals surface area contributed by atoms with Gasteiger partial charge in [-0.1, -0.05) is 51.1 Å². The van der Waals surface area contributed by atoms with Crippen LogP contribution in [0.5, 0.6) is 0 Å². The van der Waals surface area contributed by atoms with Crippen molar-refractivity contribution in [3.63, 3.8) is 0 Å². The Hall–Kier alpha value is -2.10. The number of hydrogen-bond acceptors (Lipinski definition) is 6. The van der Waals surface area contributed by atoms with E-state index in [1.54, 1.807) is 0 Å². The summed E-state index contributed by atoms with van der Waals surface area (Å²) in [5, 5.41) is 0.114. The number of carbonyl (C=O) groups is 2. The average Bonchev–Trinajstić information content (AvgIpc) is 2.85. The minimum atomic E-state index is -1.95. The molecule has 8 nitrogen and oxygen atoms in total. The molecule has 2 saturated heterocycles. The minimum Gasteiger partial charge on any atom is -0.445 e. The highest BCUT2D eigenvalue weighted by atomic mass is 28.4. The van der Waals surface area contributed by atoms with Gasteiger partial charge in [-0.25, -0.2) is 9.59 Å². The Morgan fingerprint density at radius 3 is 2.11 bits per heavy atom. The Bertz CT molecular complexity index is 920. The fraction of sp³-hybridized carbons (Fsp3) is 0.724. The van der Waals surface area contributed by atoms with Crippen molar-refractivity contribution in [2.24, 2.45) is 0 Å². The first kappa shape index (κ1) is 30.4. The molecule has 0 spiro atoms. The maximum atomic E-state index is 12.9. The summed E-state index contributed by atoms with van der Waals surface area (Å²) in [7, 11) is -1.95. The van der Waals surface area contributed by atoms with Crippen LogP contribution in [0.15, 0.2) is 30.3 Å². The summed E-state index contributed by atoms with van der Waals surface area (Å²) < 4.78 is 17.9. The Morgan fingerprint density at radius 1 is 0.895 bits per heavy atom. The normalized spacial score (nSPS) is 20.4. The summed E-state index contributed by atoms with van der Waals surface area (Å²) in [6.45, 7) is 21.2. The van der Waals surface area contributed by atoms with E-state index < -0.39 is 13.9 Å². The lowest BCUT2D eigenvalue weighted by molar-refractivity contribution is -0.0236. The Kier molecular flexibility index (Phi) is 9.92. The van der Waals surface area contributed by atoms with Gasteiger partial charge >= 0.3 is 12.2 Å². The van der Waals surface area contributed by atoms with Crippen LogP contribution in [0.4, 0.5) is 9.59 Å². The molecule has 214 valence electrons. The largest absolute Gasteiger partial charge is 0.445 e. The Balaban J connectivity index is 1.61. The van der Waals surface area contributed by atoms with Crippen molar-refractivity contribution in [3.8, 4) is 0 Å². The van der Waals surface area contributed by atoms with Crippen molar-refractivity contribution in [2.45, 2.75) is 96.8 Å². The first-order valence-electron chi connectivity index (χ1n) is 14.0. The minimum absolute atomic E-state index is 0.0898. The van der Waals surface area contributed by atoms with Crippen LogP contribution in [0.3, 0.4) is 0 Å². The van der Waals surface area contributed by atoms with E-state index in [0.29, 0.717) is 45.4 Å². The smallest absolute Gasteiger partial charge is 0.410 e. The molecule has 2 aliphatic heterocycles. The first-order valence-corrected chi connectivity index (χ1v) is 16.9. The number of carbonyl (C=O) groups excluding carboxylic acids is 2. The highest BCUT2D eigenvalue weighted by Gasteiger charge is 2.41. The van der Waals surface area contributed by atoms with Crippen LogP contribution in [-0.2, 0) is 20.5 Å². The molecule has 0 unspecified atom stereocenters. The van der Waals surface area contributed by atoms with Gasteiger partial charge in [0.2, 0.25) is 0 Å². The van der Waals surface area contributed by atoms with Crippen LogP contribution in [0.25, 0.3) is 0 Å². The maximum Gasteiger partial charge on any atom is 0.410 e. The standard InChI is InChI=1S/C29H49N3O5Si/c1-28(2,3)37-27(34)31-18-19-32(25(20-31)22-36-38(7,8)29(4,5)6)24-14-16-30(17-15-24)26(33)35-21-23-12-10-9-11-13-23/h9-13,24-25H,14-22H2,1-8H3/t25-/m1/s1. The molecule has 9 heteroatoms. The molecule has 0 aromatic heterocycles. The number of piperidine rings is 1. The fourth-order valence-electron chi connectivity index (χ4n) is 4.70. The Labute approximate surface area is 230 Å². The number of ether oxygens (including phenoxy) is 2. The van der Waals surface area contributed by atoms with Gasteiger partial charge < -0.3 is 23.7 Å². The highest BCUT2D eigenvalue weighted by Crippen LogP contribution is 2.37. The van der Waals surface area contributed by atoms with Crippen molar-refractivity contribution in [3.05, 3.63) is 35.9 Å². The van der Waals surface area contributed by atoms with Crippen LogP contribution in [-0.4, -0.2) is 92.2 Å². The van der Waals surface area contributed by atoms with Crippen LogP contribution in [0, 0.1) is 0 Å². The van der Waals surface area contributed by atoms with Gasteiger partial charge in [-0.15, -0.1) is 0 Å². The SMILES string of the molecule is CC(C)(C)OC(=O)N1CCN(C2CCN(C(=O)OCc3ccccc3)CC2)[C@@H](CO[Si](C)(C)C(C)(C)C)C1. The molecule has 1 aromatic carbocycles. The lowest BCUT2D eigenvalue weighted by Crippen LogP contribution is -2.62. The lowest BCUT2D eigenvalue weighted by atomic mass is 10.00. The number of benzene rings is 1. The Morgan fingerprint density at radius 2 is 1.53 bits per heavy atom. The number of likely N-dealkylation sites (tertiary alicyclic amines) is 1. The molecule has 2 fully saturated rings. The fourth-order valence-corrected chi connectivity index (χ4v) is 5.74. The van der Waals surface area contributed by atoms with Gasteiger partial charge in [-0.2, -0.15) is 0 Å². The zero-order valence-electron chi connectivity index (χ0n) is 24.8. The van der Waals surface area contributed by atoms with Crippen molar-refractivity contribution in [1.82, 2.24) is 14.7 Å². The van der Waals surface area contributed by atoms with E-state index in [4.69, 9.17) is 13.9 Å². The zero-order chi connectivity index (χ0) is 28.1. The van der Waals surface area contributed by atoms with Gasteiger partial charge in [0.25, 0.3) is 0 Å². The molecule has 0 bridgehead atoms. The van der Waals surface area contributed by atoms with E-state index in [9.17, 15) is 9.59 Å². The zero-order valence-corrected chi connectivity index (χ0v) is 25.8. The topological polar surface area (TPSA) is 71.6 Å². The lowest BCUT2D eigenvalue weighted by Gasteiger charge is -2.48. The molecule has 2 aliphatic rings. The molecule has 1 aromatic rings. The van der Waals surface area contributed by atoms with Crippen molar-refractivity contribution in [1.29, 1.82) is 0 Å². The third kappa shape index (κ3) is 8.45. The molecule has 0 N–H and O–H groups in total. The van der Waals surface area contributed by atoms with Gasteiger partial charge in [-0.05, 0) is 57.3 Å². The molecule has 1 atom stereocenters. The summed E-state index contributed by atoms with van der Waals surface area (Å²) in [5.74, 6) is 0. The highest BCUT2D eigenvalue weighted by molar-refractivity contribution is 6.74. The summed E-state index contributed by atoms with van der Waals surface area (Å²) in [6, 6.07) is 10.2. The number of piperazine rings is 1. The summed E-state index contributed by atoms with van der Waals surface area (Å²) in [4.78, 5) is 31.7. The van der Waals surface area contributed by atoms with Crippen molar-refractivity contribution >= 4 is 20.5 Å². The second kappa shape index (κ2) is 12.4. The van der Waals surface area contributed by atoms with Crippen molar-refractivity contribution in [2.75, 3.05) is 39.3 Å². The molecule has 0 saturated carbocycles. The molecule has 2 heterocycles. The van der Waals surface area contributed by atoms with Gasteiger partial charge in [0.05, 0.1) is 6.61 Å². The van der Waals surface area contributed by atoms with Crippen LogP contribution < -0.4 is 0 Å². The predicted octanol–water partition coefficient (Wildman–Crippen LogP) is 5.73. The van der Waals surface area contributed by atoms with Gasteiger partial charge in [0.1, 0.15) is 12.2 Å². The third-order valence-electron chi connectivity index (χ3n) is 8.02. The quantitative estimate of drug-likeness (QED) is 0.424. The molecule has 2 amide bonds. The summed E-state index contributed by atoms with van der Waals surface area (Å²) >= 11 is 0. The van der Waals surface area contributed by atoms with Gasteiger partial charge in [-0.3, -0.25) is 4.90 Å².